The molecule has 1 heterocycles. The van der Waals surface area contributed by atoms with Gasteiger partial charge in [-0.1, -0.05) is 214 Å². The smallest absolute Gasteiger partial charge is 0.143 e. The molecule has 2 nitrogen and oxygen atoms in total. The van der Waals surface area contributed by atoms with Crippen molar-refractivity contribution in [1.29, 1.82) is 0 Å². The Morgan fingerprint density at radius 2 is 0.886 bits per heavy atom. The molecule has 0 fully saturated rings. The zero-order chi connectivity index (χ0) is 46.3. The van der Waals surface area contributed by atoms with E-state index in [2.05, 4.69) is 255 Å². The van der Waals surface area contributed by atoms with Crippen LogP contribution in [0.4, 0.5) is 17.1 Å². The fourth-order valence-electron chi connectivity index (χ4n) is 13.1. The molecule has 1 unspecified atom stereocenters. The third-order valence-corrected chi connectivity index (χ3v) is 16.1. The van der Waals surface area contributed by atoms with Gasteiger partial charge in [0.05, 0.1) is 11.1 Å². The van der Waals surface area contributed by atoms with Crippen molar-refractivity contribution >= 4 is 49.8 Å². The number of rotatable bonds is 5. The second-order valence-corrected chi connectivity index (χ2v) is 19.9. The molecule has 11 aromatic carbocycles. The van der Waals surface area contributed by atoms with Crippen molar-refractivity contribution in [2.45, 2.75) is 24.7 Å². The SMILES string of the molecule is CC1(C)c2ccccc2-c2ccc(N(c3ccc(-c4ccccc4)cc3)c3ccc(-c4cccc5c4-c4ccccc4C54c5ccccc5-c5c4ccc4c5oc5ccccc54)c4ccccc34)cc21. The zero-order valence-electron chi connectivity index (χ0n) is 38.9. The first kappa shape index (κ1) is 39.3. The van der Waals surface area contributed by atoms with Gasteiger partial charge in [-0.3, -0.25) is 0 Å². The Hall–Kier alpha value is -8.72. The van der Waals surface area contributed by atoms with Gasteiger partial charge in [0.1, 0.15) is 11.2 Å². The predicted octanol–water partition coefficient (Wildman–Crippen LogP) is 18.2. The average molecular weight is 892 g/mol. The van der Waals surface area contributed by atoms with Gasteiger partial charge in [0.2, 0.25) is 0 Å². The molecule has 1 spiro atoms. The predicted molar refractivity (Wildman–Crippen MR) is 291 cm³/mol. The van der Waals surface area contributed by atoms with Crippen molar-refractivity contribution in [2.24, 2.45) is 0 Å². The van der Waals surface area contributed by atoms with Crippen LogP contribution in [0.2, 0.25) is 0 Å². The van der Waals surface area contributed by atoms with Crippen LogP contribution in [0.25, 0.3) is 88.3 Å². The van der Waals surface area contributed by atoms with Crippen molar-refractivity contribution < 1.29 is 4.42 Å². The molecule has 0 amide bonds. The van der Waals surface area contributed by atoms with Crippen LogP contribution in [0.15, 0.2) is 241 Å². The Kier molecular flexibility index (Phi) is 8.08. The fourth-order valence-corrected chi connectivity index (χ4v) is 13.1. The van der Waals surface area contributed by atoms with E-state index in [0.717, 1.165) is 39.0 Å². The lowest BCUT2D eigenvalue weighted by Crippen LogP contribution is -2.25. The summed E-state index contributed by atoms with van der Waals surface area (Å²) in [7, 11) is 0. The summed E-state index contributed by atoms with van der Waals surface area (Å²) in [5.74, 6) is 0. The highest BCUT2D eigenvalue weighted by molar-refractivity contribution is 6.14. The van der Waals surface area contributed by atoms with E-state index in [9.17, 15) is 0 Å². The summed E-state index contributed by atoms with van der Waals surface area (Å²) in [5.41, 5.74) is 25.0. The van der Waals surface area contributed by atoms with E-state index >= 15 is 0 Å². The Morgan fingerprint density at radius 3 is 1.67 bits per heavy atom. The maximum absolute atomic E-state index is 6.84. The number of para-hydroxylation sites is 1. The van der Waals surface area contributed by atoms with E-state index in [-0.39, 0.29) is 5.41 Å². The lowest BCUT2D eigenvalue weighted by molar-refractivity contribution is 0.660. The van der Waals surface area contributed by atoms with Crippen molar-refractivity contribution in [1.82, 2.24) is 0 Å². The maximum Gasteiger partial charge on any atom is 0.143 e. The number of fused-ring (bicyclic) bond motifs is 18. The number of nitrogens with zero attached hydrogens (tertiary/aromatic N) is 1. The lowest BCUT2D eigenvalue weighted by atomic mass is 9.70. The Bertz CT molecular complexity index is 4160. The molecule has 3 aliphatic rings. The quantitative estimate of drug-likeness (QED) is 0.171. The first-order chi connectivity index (χ1) is 34.5. The first-order valence-electron chi connectivity index (χ1n) is 24.5. The monoisotopic (exact) mass is 891 g/mol. The van der Waals surface area contributed by atoms with Gasteiger partial charge >= 0.3 is 0 Å². The topological polar surface area (TPSA) is 16.4 Å². The Morgan fingerprint density at radius 1 is 0.329 bits per heavy atom. The summed E-state index contributed by atoms with van der Waals surface area (Å²) in [6.07, 6.45) is 0. The standard InChI is InChI=1S/C68H45NO/c1-67(2)56-26-12-8-20-48(56)49-36-35-45(41-61(49)67)69(44-33-31-43(32-34-44)42-17-4-3-5-18-42)62-40-38-47(46-19-6-7-21-50(46)62)52-25-16-29-59-64(52)54-23-9-13-27-57(54)68(59)58-28-14-10-24-55(58)65-60(68)39-37-53-51-22-11-15-30-63(51)70-66(53)65/h3-41H,1-2H3. The van der Waals surface area contributed by atoms with Crippen molar-refractivity contribution in [3.8, 4) is 55.6 Å². The minimum Gasteiger partial charge on any atom is -0.455 e. The van der Waals surface area contributed by atoms with Gasteiger partial charge in [0.15, 0.2) is 0 Å². The second kappa shape index (κ2) is 14.4. The van der Waals surface area contributed by atoms with Crippen LogP contribution in [0.5, 0.6) is 0 Å². The highest BCUT2D eigenvalue weighted by atomic mass is 16.3. The van der Waals surface area contributed by atoms with E-state index in [1.807, 2.05) is 0 Å². The molecule has 0 N–H and O–H groups in total. The van der Waals surface area contributed by atoms with Gasteiger partial charge in [0, 0.05) is 38.5 Å². The molecule has 3 aliphatic carbocycles. The Balaban J connectivity index is 0.947. The number of benzene rings is 11. The summed E-state index contributed by atoms with van der Waals surface area (Å²) in [4.78, 5) is 2.48. The van der Waals surface area contributed by atoms with Gasteiger partial charge in [-0.25, -0.2) is 0 Å². The van der Waals surface area contributed by atoms with Crippen LogP contribution in [0.1, 0.15) is 47.2 Å². The highest BCUT2D eigenvalue weighted by Crippen LogP contribution is 2.65. The van der Waals surface area contributed by atoms with Gasteiger partial charge < -0.3 is 9.32 Å². The van der Waals surface area contributed by atoms with Gasteiger partial charge in [0.25, 0.3) is 0 Å². The largest absolute Gasteiger partial charge is 0.455 e. The summed E-state index contributed by atoms with van der Waals surface area (Å²) in [6, 6.07) is 87.9. The molecule has 0 bridgehead atoms. The average Bonchev–Trinajstić information content (AvgIpc) is 4.12. The summed E-state index contributed by atoms with van der Waals surface area (Å²) in [6.45, 7) is 4.74. The summed E-state index contributed by atoms with van der Waals surface area (Å²) < 4.78 is 6.84. The lowest BCUT2D eigenvalue weighted by Gasteiger charge is -2.30. The van der Waals surface area contributed by atoms with Gasteiger partial charge in [-0.05, 0) is 125 Å². The molecule has 0 aliphatic heterocycles. The Labute approximate surface area is 407 Å². The number of anilines is 3. The van der Waals surface area contributed by atoms with Crippen LogP contribution in [-0.2, 0) is 10.8 Å². The van der Waals surface area contributed by atoms with Crippen molar-refractivity contribution in [3.05, 3.63) is 270 Å². The second-order valence-electron chi connectivity index (χ2n) is 19.9. The maximum atomic E-state index is 6.84. The molecule has 1 aromatic heterocycles. The zero-order valence-corrected chi connectivity index (χ0v) is 38.9. The third kappa shape index (κ3) is 5.17. The highest BCUT2D eigenvalue weighted by Gasteiger charge is 2.53. The van der Waals surface area contributed by atoms with Crippen LogP contribution >= 0.6 is 0 Å². The van der Waals surface area contributed by atoms with E-state index in [1.54, 1.807) is 0 Å². The molecule has 328 valence electrons. The van der Waals surface area contributed by atoms with Crippen LogP contribution < -0.4 is 4.90 Å². The molecule has 0 saturated carbocycles. The van der Waals surface area contributed by atoms with Gasteiger partial charge in [-0.15, -0.1) is 0 Å². The summed E-state index contributed by atoms with van der Waals surface area (Å²) >= 11 is 0. The molecule has 12 aromatic rings. The summed E-state index contributed by atoms with van der Waals surface area (Å²) in [5, 5.41) is 4.71. The number of furan rings is 1. The minimum absolute atomic E-state index is 0.142. The minimum atomic E-state index is -0.527. The van der Waals surface area contributed by atoms with Crippen molar-refractivity contribution in [3.63, 3.8) is 0 Å². The van der Waals surface area contributed by atoms with E-state index in [1.165, 1.54) is 99.8 Å². The van der Waals surface area contributed by atoms with Crippen LogP contribution in [-0.4, -0.2) is 0 Å². The third-order valence-electron chi connectivity index (χ3n) is 16.1. The molecule has 0 radical (unpaired) electrons. The van der Waals surface area contributed by atoms with Crippen molar-refractivity contribution in [2.75, 3.05) is 4.90 Å². The molecule has 2 heteroatoms. The van der Waals surface area contributed by atoms with E-state index < -0.39 is 5.41 Å². The molecule has 15 rings (SSSR count). The number of hydrogen-bond donors (Lipinski definition) is 0. The fraction of sp³-hybridized carbons (Fsp3) is 0.0588. The molecular weight excluding hydrogens is 847 g/mol. The van der Waals surface area contributed by atoms with Crippen LogP contribution in [0.3, 0.4) is 0 Å². The molecule has 70 heavy (non-hydrogen) atoms. The normalized spacial score (nSPS) is 15.5. The van der Waals surface area contributed by atoms with E-state index in [4.69, 9.17) is 4.42 Å². The number of hydrogen-bond acceptors (Lipinski definition) is 2. The van der Waals surface area contributed by atoms with Gasteiger partial charge in [-0.2, -0.15) is 0 Å². The van der Waals surface area contributed by atoms with E-state index in [0.29, 0.717) is 0 Å². The molecular formula is C68H45NO. The van der Waals surface area contributed by atoms with Crippen LogP contribution in [0, 0.1) is 0 Å². The molecule has 1 atom stereocenters. The first-order valence-corrected chi connectivity index (χ1v) is 24.5. The molecule has 0 saturated heterocycles.